The van der Waals surface area contributed by atoms with Gasteiger partial charge in [-0.15, -0.1) is 0 Å². The summed E-state index contributed by atoms with van der Waals surface area (Å²) in [5.74, 6) is 0.917. The van der Waals surface area contributed by atoms with Crippen LogP contribution in [0.4, 0.5) is 0 Å². The topological polar surface area (TPSA) is 49.4 Å². The number of Topliss-reactive ketones (excluding diaryl/α,β-unsaturated/α-hetero) is 1. The Morgan fingerprint density at radius 2 is 1.76 bits per heavy atom. The quantitative estimate of drug-likeness (QED) is 0.895. The first-order chi connectivity index (χ1) is 12.2. The Hall–Kier alpha value is -1.68. The second-order valence-corrected chi connectivity index (χ2v) is 7.91. The standard InChI is InChI=1S/C21H28N2O2/c24-19(8-7-15-13-16-5-1-2-6-17(16)14-15)18-9-10-22-20(18)21(25)23-11-3-4-12-23/h1-2,5-6,15,18,20,22H,3-4,7-14H2/t18?,20-/m1/s1. The summed E-state index contributed by atoms with van der Waals surface area (Å²) >= 11 is 0. The number of carbonyl (C=O) groups is 2. The molecule has 0 bridgehead atoms. The molecule has 1 aromatic rings. The van der Waals surface area contributed by atoms with Crippen LogP contribution < -0.4 is 5.32 Å². The fraction of sp³-hybridized carbons (Fsp3) is 0.619. The summed E-state index contributed by atoms with van der Waals surface area (Å²) in [4.78, 5) is 27.4. The van der Waals surface area contributed by atoms with Crippen molar-refractivity contribution in [1.29, 1.82) is 0 Å². The Balaban J connectivity index is 1.31. The lowest BCUT2D eigenvalue weighted by atomic mass is 9.89. The summed E-state index contributed by atoms with van der Waals surface area (Å²) < 4.78 is 0. The van der Waals surface area contributed by atoms with Crippen LogP contribution in [0.2, 0.25) is 0 Å². The number of hydrogen-bond acceptors (Lipinski definition) is 3. The zero-order valence-corrected chi connectivity index (χ0v) is 14.9. The van der Waals surface area contributed by atoms with Crippen molar-refractivity contribution in [2.75, 3.05) is 19.6 Å². The number of nitrogens with zero attached hydrogens (tertiary/aromatic N) is 1. The van der Waals surface area contributed by atoms with Crippen LogP contribution in [0.15, 0.2) is 24.3 Å². The van der Waals surface area contributed by atoms with E-state index in [-0.39, 0.29) is 17.9 Å². The van der Waals surface area contributed by atoms with E-state index in [9.17, 15) is 9.59 Å². The smallest absolute Gasteiger partial charge is 0.240 e. The highest BCUT2D eigenvalue weighted by Gasteiger charge is 2.39. The molecule has 4 nitrogen and oxygen atoms in total. The van der Waals surface area contributed by atoms with Crippen LogP contribution in [0.5, 0.6) is 0 Å². The van der Waals surface area contributed by atoms with E-state index in [2.05, 4.69) is 29.6 Å². The molecule has 2 atom stereocenters. The number of rotatable bonds is 5. The van der Waals surface area contributed by atoms with Gasteiger partial charge in [0.25, 0.3) is 0 Å². The van der Waals surface area contributed by atoms with E-state index in [0.717, 1.165) is 58.2 Å². The molecule has 4 heteroatoms. The van der Waals surface area contributed by atoms with Gasteiger partial charge in [0.2, 0.25) is 5.91 Å². The molecule has 2 aliphatic heterocycles. The molecule has 1 amide bonds. The van der Waals surface area contributed by atoms with Crippen molar-refractivity contribution in [3.63, 3.8) is 0 Å². The van der Waals surface area contributed by atoms with Gasteiger partial charge >= 0.3 is 0 Å². The largest absolute Gasteiger partial charge is 0.341 e. The summed E-state index contributed by atoms with van der Waals surface area (Å²) in [5.41, 5.74) is 2.90. The van der Waals surface area contributed by atoms with Crippen LogP contribution >= 0.6 is 0 Å². The van der Waals surface area contributed by atoms with E-state index in [0.29, 0.717) is 18.1 Å². The molecule has 1 aromatic carbocycles. The van der Waals surface area contributed by atoms with E-state index in [1.807, 2.05) is 4.90 Å². The first-order valence-electron chi connectivity index (χ1n) is 9.84. The lowest BCUT2D eigenvalue weighted by Gasteiger charge is -2.24. The summed E-state index contributed by atoms with van der Waals surface area (Å²) in [5, 5.41) is 3.29. The summed E-state index contributed by atoms with van der Waals surface area (Å²) in [6.07, 6.45) is 6.78. The van der Waals surface area contributed by atoms with Gasteiger partial charge in [0, 0.05) is 25.4 Å². The van der Waals surface area contributed by atoms with Crippen molar-refractivity contribution in [1.82, 2.24) is 10.2 Å². The highest BCUT2D eigenvalue weighted by molar-refractivity contribution is 5.91. The summed E-state index contributed by atoms with van der Waals surface area (Å²) in [7, 11) is 0. The van der Waals surface area contributed by atoms with Gasteiger partial charge in [-0.2, -0.15) is 0 Å². The van der Waals surface area contributed by atoms with E-state index in [1.165, 1.54) is 11.1 Å². The molecule has 0 aromatic heterocycles. The van der Waals surface area contributed by atoms with Crippen molar-refractivity contribution >= 4 is 11.7 Å². The fourth-order valence-electron chi connectivity index (χ4n) is 4.83. The molecule has 25 heavy (non-hydrogen) atoms. The van der Waals surface area contributed by atoms with Gasteiger partial charge in [-0.1, -0.05) is 24.3 Å². The Labute approximate surface area is 150 Å². The van der Waals surface area contributed by atoms with E-state index >= 15 is 0 Å². The predicted octanol–water partition coefficient (Wildman–Crippen LogP) is 2.35. The number of likely N-dealkylation sites (tertiary alicyclic amines) is 1. The Morgan fingerprint density at radius 3 is 2.44 bits per heavy atom. The molecule has 0 radical (unpaired) electrons. The maximum atomic E-state index is 12.8. The molecule has 1 aliphatic carbocycles. The molecule has 2 fully saturated rings. The van der Waals surface area contributed by atoms with Crippen molar-refractivity contribution in [2.24, 2.45) is 11.8 Å². The minimum atomic E-state index is -0.272. The van der Waals surface area contributed by atoms with Gasteiger partial charge in [-0.25, -0.2) is 0 Å². The summed E-state index contributed by atoms with van der Waals surface area (Å²) in [6.45, 7) is 2.51. The maximum Gasteiger partial charge on any atom is 0.240 e. The molecule has 4 rings (SSSR count). The number of fused-ring (bicyclic) bond motifs is 1. The van der Waals surface area contributed by atoms with Gasteiger partial charge in [-0.3, -0.25) is 9.59 Å². The summed E-state index contributed by atoms with van der Waals surface area (Å²) in [6, 6.07) is 8.35. The van der Waals surface area contributed by atoms with Crippen molar-refractivity contribution in [3.05, 3.63) is 35.4 Å². The van der Waals surface area contributed by atoms with Crippen LogP contribution in [-0.4, -0.2) is 42.3 Å². The van der Waals surface area contributed by atoms with Crippen LogP contribution in [0.25, 0.3) is 0 Å². The first kappa shape index (κ1) is 16.8. The molecular formula is C21H28N2O2. The molecule has 1 unspecified atom stereocenters. The number of amides is 1. The number of benzene rings is 1. The zero-order valence-electron chi connectivity index (χ0n) is 14.9. The third-order valence-electron chi connectivity index (χ3n) is 6.25. The maximum absolute atomic E-state index is 12.8. The highest BCUT2D eigenvalue weighted by Crippen LogP contribution is 2.30. The minimum absolute atomic E-state index is 0.114. The lowest BCUT2D eigenvalue weighted by Crippen LogP contribution is -2.47. The third kappa shape index (κ3) is 3.50. The van der Waals surface area contributed by atoms with Crippen molar-refractivity contribution in [2.45, 2.75) is 51.0 Å². The molecule has 2 heterocycles. The molecule has 2 saturated heterocycles. The fourth-order valence-corrected chi connectivity index (χ4v) is 4.83. The van der Waals surface area contributed by atoms with Crippen LogP contribution in [0.1, 0.15) is 43.2 Å². The molecule has 0 spiro atoms. The lowest BCUT2D eigenvalue weighted by molar-refractivity contribution is -0.136. The number of ketones is 1. The van der Waals surface area contributed by atoms with Gasteiger partial charge in [-0.05, 0) is 62.1 Å². The normalized spacial score (nSPS) is 26.2. The second-order valence-electron chi connectivity index (χ2n) is 7.91. The Kier molecular flexibility index (Phi) is 4.89. The van der Waals surface area contributed by atoms with E-state index in [1.54, 1.807) is 0 Å². The zero-order chi connectivity index (χ0) is 17.2. The number of carbonyl (C=O) groups excluding carboxylic acids is 2. The van der Waals surface area contributed by atoms with Gasteiger partial charge in [0.15, 0.2) is 0 Å². The second kappa shape index (κ2) is 7.28. The Morgan fingerprint density at radius 1 is 1.08 bits per heavy atom. The van der Waals surface area contributed by atoms with Crippen LogP contribution in [-0.2, 0) is 22.4 Å². The third-order valence-corrected chi connectivity index (χ3v) is 6.25. The highest BCUT2D eigenvalue weighted by atomic mass is 16.2. The minimum Gasteiger partial charge on any atom is -0.341 e. The van der Waals surface area contributed by atoms with E-state index < -0.39 is 0 Å². The monoisotopic (exact) mass is 340 g/mol. The molecular weight excluding hydrogens is 312 g/mol. The molecule has 134 valence electrons. The molecule has 0 saturated carbocycles. The number of hydrogen-bond donors (Lipinski definition) is 1. The van der Waals surface area contributed by atoms with Crippen molar-refractivity contribution < 1.29 is 9.59 Å². The van der Waals surface area contributed by atoms with Crippen LogP contribution in [0, 0.1) is 11.8 Å². The van der Waals surface area contributed by atoms with Crippen LogP contribution in [0.3, 0.4) is 0 Å². The Bertz CT molecular complexity index is 626. The van der Waals surface area contributed by atoms with E-state index in [4.69, 9.17) is 0 Å². The average Bonchev–Trinajstić information content (AvgIpc) is 3.38. The number of nitrogens with one attached hydrogen (secondary N) is 1. The molecule has 1 N–H and O–H groups in total. The van der Waals surface area contributed by atoms with Gasteiger partial charge in [0.05, 0.1) is 6.04 Å². The van der Waals surface area contributed by atoms with Gasteiger partial charge in [0.1, 0.15) is 5.78 Å². The first-order valence-corrected chi connectivity index (χ1v) is 9.84. The predicted molar refractivity (Wildman–Crippen MR) is 97.3 cm³/mol. The average molecular weight is 340 g/mol. The van der Waals surface area contributed by atoms with Crippen molar-refractivity contribution in [3.8, 4) is 0 Å². The molecule has 3 aliphatic rings. The van der Waals surface area contributed by atoms with Gasteiger partial charge < -0.3 is 10.2 Å². The SMILES string of the molecule is O=C(CCC1Cc2ccccc2C1)C1CCN[C@H]1C(=O)N1CCCC1.